The first-order chi connectivity index (χ1) is 10.9. The van der Waals surface area contributed by atoms with Crippen LogP contribution in [0.25, 0.3) is 0 Å². The van der Waals surface area contributed by atoms with Gasteiger partial charge in [-0.1, -0.05) is 49.6 Å². The molecule has 0 N–H and O–H groups in total. The summed E-state index contributed by atoms with van der Waals surface area (Å²) in [5.41, 5.74) is 2.85. The van der Waals surface area contributed by atoms with E-state index in [1.807, 2.05) is 60.8 Å². The molecule has 0 heterocycles. The molecule has 1 saturated carbocycles. The molecule has 2 aromatic carbocycles. The maximum atomic E-state index is 4.70. The summed E-state index contributed by atoms with van der Waals surface area (Å²) < 4.78 is 0. The van der Waals surface area contributed by atoms with Gasteiger partial charge in [-0.25, -0.2) is 0 Å². The van der Waals surface area contributed by atoms with Gasteiger partial charge in [0, 0.05) is 12.3 Å². The van der Waals surface area contributed by atoms with Crippen molar-refractivity contribution in [1.82, 2.24) is 0 Å². The molecule has 0 amide bonds. The molecule has 1 aliphatic carbocycles. The van der Waals surface area contributed by atoms with Gasteiger partial charge in [0.05, 0.1) is 11.4 Å². The molecule has 0 aromatic heterocycles. The molecule has 0 spiro atoms. The Bertz CT molecular complexity index is 623. The highest BCUT2D eigenvalue weighted by molar-refractivity contribution is 5.80. The van der Waals surface area contributed by atoms with Crippen molar-refractivity contribution in [3.63, 3.8) is 0 Å². The van der Waals surface area contributed by atoms with Crippen LogP contribution in [0.2, 0.25) is 0 Å². The molecule has 0 bridgehead atoms. The Morgan fingerprint density at radius 2 is 1.36 bits per heavy atom. The molecular weight excluding hydrogens is 270 g/mol. The minimum absolute atomic E-state index is 0.520. The van der Waals surface area contributed by atoms with E-state index in [2.05, 4.69) is 10.2 Å². The third-order valence-corrected chi connectivity index (χ3v) is 3.94. The van der Waals surface area contributed by atoms with Crippen LogP contribution in [-0.4, -0.2) is 12.3 Å². The Balaban J connectivity index is 1.60. The van der Waals surface area contributed by atoms with Crippen LogP contribution in [0.15, 0.2) is 69.8 Å². The standard InChI is InChI=1S/C19H21N3/c1-3-7-17(8-4-1)20-15-16-11-13-19(14-12-16)22-21-18-9-5-2-6-10-18/h2,5-6,9-15,17H,1,3-4,7-8H2. The Kier molecular flexibility index (Phi) is 5.09. The first-order valence-electron chi connectivity index (χ1n) is 8.00. The minimum atomic E-state index is 0.520. The molecule has 3 nitrogen and oxygen atoms in total. The number of nitrogens with zero attached hydrogens (tertiary/aromatic N) is 3. The Morgan fingerprint density at radius 1 is 0.727 bits per heavy atom. The Morgan fingerprint density at radius 3 is 2.05 bits per heavy atom. The van der Waals surface area contributed by atoms with Crippen molar-refractivity contribution in [1.29, 1.82) is 0 Å². The lowest BCUT2D eigenvalue weighted by Gasteiger charge is -2.17. The average Bonchev–Trinajstić information content (AvgIpc) is 2.61. The highest BCUT2D eigenvalue weighted by Crippen LogP contribution is 2.21. The highest BCUT2D eigenvalue weighted by atomic mass is 15.1. The second-order valence-corrected chi connectivity index (χ2v) is 5.70. The summed E-state index contributed by atoms with van der Waals surface area (Å²) in [4.78, 5) is 4.70. The van der Waals surface area contributed by atoms with Crippen molar-refractivity contribution in [2.24, 2.45) is 15.2 Å². The molecule has 0 saturated heterocycles. The largest absolute Gasteiger partial charge is 0.289 e. The molecule has 112 valence electrons. The average molecular weight is 291 g/mol. The number of rotatable bonds is 4. The molecular formula is C19H21N3. The summed E-state index contributed by atoms with van der Waals surface area (Å²) in [5.74, 6) is 0. The molecule has 3 heteroatoms. The zero-order valence-corrected chi connectivity index (χ0v) is 12.7. The van der Waals surface area contributed by atoms with E-state index < -0.39 is 0 Å². The van der Waals surface area contributed by atoms with E-state index in [1.165, 1.54) is 32.1 Å². The third-order valence-electron chi connectivity index (χ3n) is 3.94. The van der Waals surface area contributed by atoms with Crippen molar-refractivity contribution in [2.45, 2.75) is 38.1 Å². The number of hydrogen-bond donors (Lipinski definition) is 0. The Labute approximate surface area is 131 Å². The van der Waals surface area contributed by atoms with Crippen molar-refractivity contribution in [3.05, 3.63) is 60.2 Å². The molecule has 1 aliphatic rings. The zero-order chi connectivity index (χ0) is 15.0. The van der Waals surface area contributed by atoms with E-state index in [9.17, 15) is 0 Å². The second-order valence-electron chi connectivity index (χ2n) is 5.70. The predicted octanol–water partition coefficient (Wildman–Crippen LogP) is 5.85. The summed E-state index contributed by atoms with van der Waals surface area (Å²) in [7, 11) is 0. The first-order valence-corrected chi connectivity index (χ1v) is 8.00. The molecule has 22 heavy (non-hydrogen) atoms. The molecule has 0 atom stereocenters. The fraction of sp³-hybridized carbons (Fsp3) is 0.316. The predicted molar refractivity (Wildman–Crippen MR) is 91.5 cm³/mol. The number of hydrogen-bond acceptors (Lipinski definition) is 3. The SMILES string of the molecule is C(=NC1CCCCC1)c1ccc(N=Nc2ccccc2)cc1. The van der Waals surface area contributed by atoms with Crippen LogP contribution in [0.3, 0.4) is 0 Å². The first kappa shape index (κ1) is 14.6. The van der Waals surface area contributed by atoms with Crippen LogP contribution in [0.1, 0.15) is 37.7 Å². The fourth-order valence-corrected chi connectivity index (χ4v) is 2.66. The summed E-state index contributed by atoms with van der Waals surface area (Å²) in [6.45, 7) is 0. The zero-order valence-electron chi connectivity index (χ0n) is 12.7. The number of benzene rings is 2. The fourth-order valence-electron chi connectivity index (χ4n) is 2.66. The maximum Gasteiger partial charge on any atom is 0.0857 e. The Hall–Kier alpha value is -2.29. The van der Waals surface area contributed by atoms with E-state index in [1.54, 1.807) is 0 Å². The van der Waals surface area contributed by atoms with Gasteiger partial charge in [-0.2, -0.15) is 10.2 Å². The van der Waals surface area contributed by atoms with Gasteiger partial charge in [0.1, 0.15) is 0 Å². The molecule has 0 aliphatic heterocycles. The van der Waals surface area contributed by atoms with Gasteiger partial charge >= 0.3 is 0 Å². The van der Waals surface area contributed by atoms with Crippen LogP contribution in [0.4, 0.5) is 11.4 Å². The van der Waals surface area contributed by atoms with Gasteiger partial charge in [0.25, 0.3) is 0 Å². The quantitative estimate of drug-likeness (QED) is 0.500. The molecule has 3 rings (SSSR count). The van der Waals surface area contributed by atoms with E-state index >= 15 is 0 Å². The number of azo groups is 1. The van der Waals surface area contributed by atoms with Gasteiger partial charge < -0.3 is 0 Å². The highest BCUT2D eigenvalue weighted by Gasteiger charge is 2.10. The summed E-state index contributed by atoms with van der Waals surface area (Å²) in [6.07, 6.45) is 8.47. The monoisotopic (exact) mass is 291 g/mol. The summed E-state index contributed by atoms with van der Waals surface area (Å²) in [5, 5.41) is 8.47. The minimum Gasteiger partial charge on any atom is -0.289 e. The van der Waals surface area contributed by atoms with Gasteiger partial charge in [-0.05, 0) is 42.7 Å². The van der Waals surface area contributed by atoms with Gasteiger partial charge in [0.2, 0.25) is 0 Å². The van der Waals surface area contributed by atoms with E-state index in [0.29, 0.717) is 6.04 Å². The van der Waals surface area contributed by atoms with Crippen molar-refractivity contribution >= 4 is 17.6 Å². The summed E-state index contributed by atoms with van der Waals surface area (Å²) in [6, 6.07) is 18.3. The van der Waals surface area contributed by atoms with Crippen molar-refractivity contribution in [2.75, 3.05) is 0 Å². The topological polar surface area (TPSA) is 37.1 Å². The van der Waals surface area contributed by atoms with Crippen LogP contribution >= 0.6 is 0 Å². The van der Waals surface area contributed by atoms with Crippen LogP contribution in [0, 0.1) is 0 Å². The van der Waals surface area contributed by atoms with Gasteiger partial charge in [-0.3, -0.25) is 4.99 Å². The van der Waals surface area contributed by atoms with Crippen molar-refractivity contribution in [3.8, 4) is 0 Å². The molecule has 0 unspecified atom stereocenters. The maximum absolute atomic E-state index is 4.70. The van der Waals surface area contributed by atoms with Crippen molar-refractivity contribution < 1.29 is 0 Å². The van der Waals surface area contributed by atoms with E-state index in [-0.39, 0.29) is 0 Å². The lowest BCUT2D eigenvalue weighted by Crippen LogP contribution is -2.09. The smallest absolute Gasteiger partial charge is 0.0857 e. The molecule has 1 fully saturated rings. The van der Waals surface area contributed by atoms with E-state index in [0.717, 1.165) is 16.9 Å². The summed E-state index contributed by atoms with van der Waals surface area (Å²) >= 11 is 0. The lowest BCUT2D eigenvalue weighted by atomic mass is 9.96. The van der Waals surface area contributed by atoms with E-state index in [4.69, 9.17) is 4.99 Å². The van der Waals surface area contributed by atoms with Crippen LogP contribution in [-0.2, 0) is 0 Å². The number of aliphatic imine (C=N–C) groups is 1. The van der Waals surface area contributed by atoms with Crippen LogP contribution < -0.4 is 0 Å². The molecule has 2 aromatic rings. The van der Waals surface area contributed by atoms with Gasteiger partial charge in [0.15, 0.2) is 0 Å². The molecule has 0 radical (unpaired) electrons. The van der Waals surface area contributed by atoms with Gasteiger partial charge in [-0.15, -0.1) is 0 Å². The normalized spacial score (nSPS) is 16.5. The second kappa shape index (κ2) is 7.64. The third kappa shape index (κ3) is 4.35. The van der Waals surface area contributed by atoms with Crippen LogP contribution in [0.5, 0.6) is 0 Å². The lowest BCUT2D eigenvalue weighted by molar-refractivity contribution is 0.444.